The third kappa shape index (κ3) is 5.12. The lowest BCUT2D eigenvalue weighted by Gasteiger charge is -2.37. The lowest BCUT2D eigenvalue weighted by molar-refractivity contribution is -0.133. The maximum Gasteiger partial charge on any atom is 0.223 e. The molecule has 5 nitrogen and oxygen atoms in total. The van der Waals surface area contributed by atoms with Crippen LogP contribution in [0.1, 0.15) is 49.0 Å². The molecule has 1 amide bonds. The van der Waals surface area contributed by atoms with Gasteiger partial charge in [-0.15, -0.1) is 11.3 Å². The molecular formula is C26H34N4OS. The van der Waals surface area contributed by atoms with Gasteiger partial charge in [-0.3, -0.25) is 4.79 Å². The molecule has 1 aliphatic heterocycles. The molecule has 0 spiro atoms. The van der Waals surface area contributed by atoms with Crippen molar-refractivity contribution in [3.8, 4) is 0 Å². The number of thiophene rings is 1. The number of amides is 1. The summed E-state index contributed by atoms with van der Waals surface area (Å²) in [5.74, 6) is 2.21. The molecule has 0 radical (unpaired) electrons. The summed E-state index contributed by atoms with van der Waals surface area (Å²) in [6, 6.07) is 10.5. The van der Waals surface area contributed by atoms with E-state index in [4.69, 9.17) is 9.97 Å². The van der Waals surface area contributed by atoms with E-state index in [1.165, 1.54) is 21.4 Å². The number of rotatable bonds is 5. The topological polar surface area (TPSA) is 49.3 Å². The minimum Gasteiger partial charge on any atom is -0.352 e. The van der Waals surface area contributed by atoms with Crippen LogP contribution in [0, 0.1) is 19.3 Å². The first-order valence-electron chi connectivity index (χ1n) is 11.5. The van der Waals surface area contributed by atoms with Gasteiger partial charge in [0.2, 0.25) is 5.91 Å². The zero-order valence-electron chi connectivity index (χ0n) is 19.9. The summed E-state index contributed by atoms with van der Waals surface area (Å²) in [4.78, 5) is 29.4. The fourth-order valence-electron chi connectivity index (χ4n) is 4.25. The van der Waals surface area contributed by atoms with Crippen LogP contribution in [0.2, 0.25) is 0 Å². The van der Waals surface area contributed by atoms with Crippen molar-refractivity contribution in [1.82, 2.24) is 14.9 Å². The molecule has 4 rings (SSSR count). The number of carbonyl (C=O) groups is 1. The Morgan fingerprint density at radius 3 is 2.34 bits per heavy atom. The fourth-order valence-corrected chi connectivity index (χ4v) is 5.29. The number of hydrogen-bond donors (Lipinski definition) is 0. The van der Waals surface area contributed by atoms with E-state index in [2.05, 4.69) is 63.8 Å². The monoisotopic (exact) mass is 450 g/mol. The Balaban J connectivity index is 1.55. The molecule has 3 heterocycles. The van der Waals surface area contributed by atoms with Gasteiger partial charge >= 0.3 is 0 Å². The van der Waals surface area contributed by atoms with Crippen LogP contribution in [0.15, 0.2) is 30.3 Å². The van der Waals surface area contributed by atoms with E-state index in [0.717, 1.165) is 55.5 Å². The first kappa shape index (κ1) is 22.7. The van der Waals surface area contributed by atoms with Gasteiger partial charge in [0.05, 0.1) is 5.39 Å². The average Bonchev–Trinajstić information content (AvgIpc) is 3.05. The van der Waals surface area contributed by atoms with Crippen molar-refractivity contribution < 1.29 is 4.79 Å². The molecule has 1 aromatic carbocycles. The van der Waals surface area contributed by atoms with Crippen LogP contribution >= 0.6 is 11.3 Å². The summed E-state index contributed by atoms with van der Waals surface area (Å²) in [5, 5.41) is 1.19. The van der Waals surface area contributed by atoms with E-state index >= 15 is 0 Å². The number of aromatic nitrogens is 2. The summed E-state index contributed by atoms with van der Waals surface area (Å²) < 4.78 is 0. The van der Waals surface area contributed by atoms with Crippen molar-refractivity contribution in [2.45, 2.75) is 53.9 Å². The first-order chi connectivity index (χ1) is 15.2. The molecule has 1 saturated heterocycles. The molecule has 0 aliphatic carbocycles. The van der Waals surface area contributed by atoms with Gasteiger partial charge in [0, 0.05) is 43.9 Å². The van der Waals surface area contributed by atoms with E-state index in [-0.39, 0.29) is 11.3 Å². The Kier molecular flexibility index (Phi) is 6.52. The number of piperazine rings is 1. The smallest absolute Gasteiger partial charge is 0.223 e. The predicted octanol–water partition coefficient (Wildman–Crippen LogP) is 5.18. The standard InChI is InChI=1S/C26H34N4OS/c1-18-19(2)32-25-23(18)24(27-21(28-25)12-11-20-9-7-6-8-10-20)30-15-13-29(14-16-30)22(31)17-26(3,4)5/h6-10H,11-17H2,1-5H3. The minimum atomic E-state index is 0.0198. The second kappa shape index (κ2) is 9.18. The maximum atomic E-state index is 12.7. The van der Waals surface area contributed by atoms with Gasteiger partial charge in [-0.2, -0.15) is 0 Å². The van der Waals surface area contributed by atoms with Gasteiger partial charge in [0.15, 0.2) is 0 Å². The Bertz CT molecular complexity index is 1090. The second-order valence-corrected chi connectivity index (χ2v) is 11.2. The third-order valence-corrected chi connectivity index (χ3v) is 7.25. The molecule has 1 fully saturated rings. The number of aryl methyl sites for hydroxylation is 4. The molecular weight excluding hydrogens is 416 g/mol. The molecule has 0 unspecified atom stereocenters. The first-order valence-corrected chi connectivity index (χ1v) is 12.4. The molecule has 3 aromatic rings. The summed E-state index contributed by atoms with van der Waals surface area (Å²) in [5.41, 5.74) is 2.61. The average molecular weight is 451 g/mol. The molecule has 6 heteroatoms. The van der Waals surface area contributed by atoms with E-state index in [1.807, 2.05) is 11.0 Å². The molecule has 0 saturated carbocycles. The Labute approximate surface area is 195 Å². The lowest BCUT2D eigenvalue weighted by Crippen LogP contribution is -2.49. The van der Waals surface area contributed by atoms with Crippen molar-refractivity contribution >= 4 is 33.3 Å². The highest BCUT2D eigenvalue weighted by atomic mass is 32.1. The largest absolute Gasteiger partial charge is 0.352 e. The molecule has 0 bridgehead atoms. The fraction of sp³-hybridized carbons (Fsp3) is 0.500. The quantitative estimate of drug-likeness (QED) is 0.538. The molecule has 2 aromatic heterocycles. The van der Waals surface area contributed by atoms with Crippen LogP contribution in [0.5, 0.6) is 0 Å². The number of benzene rings is 1. The van der Waals surface area contributed by atoms with Crippen molar-refractivity contribution in [3.05, 3.63) is 52.2 Å². The molecule has 32 heavy (non-hydrogen) atoms. The number of nitrogens with zero attached hydrogens (tertiary/aromatic N) is 4. The molecule has 0 N–H and O–H groups in total. The predicted molar refractivity (Wildman–Crippen MR) is 134 cm³/mol. The van der Waals surface area contributed by atoms with Gasteiger partial charge in [0.25, 0.3) is 0 Å². The van der Waals surface area contributed by atoms with Crippen LogP contribution in [-0.4, -0.2) is 47.0 Å². The Morgan fingerprint density at radius 1 is 1.00 bits per heavy atom. The highest BCUT2D eigenvalue weighted by molar-refractivity contribution is 7.18. The number of carbonyl (C=O) groups excluding carboxylic acids is 1. The highest BCUT2D eigenvalue weighted by Crippen LogP contribution is 2.35. The third-order valence-electron chi connectivity index (χ3n) is 6.15. The zero-order chi connectivity index (χ0) is 22.9. The Hall–Kier alpha value is -2.47. The molecule has 0 atom stereocenters. The normalized spacial score (nSPS) is 14.9. The molecule has 1 aliphatic rings. The van der Waals surface area contributed by atoms with Crippen LogP contribution in [0.3, 0.4) is 0 Å². The highest BCUT2D eigenvalue weighted by Gasteiger charge is 2.27. The van der Waals surface area contributed by atoms with Gasteiger partial charge in [-0.25, -0.2) is 9.97 Å². The van der Waals surface area contributed by atoms with Crippen molar-refractivity contribution in [2.24, 2.45) is 5.41 Å². The Morgan fingerprint density at radius 2 is 1.69 bits per heavy atom. The summed E-state index contributed by atoms with van der Waals surface area (Å²) in [7, 11) is 0. The van der Waals surface area contributed by atoms with Gasteiger partial charge in [-0.1, -0.05) is 51.1 Å². The van der Waals surface area contributed by atoms with Crippen molar-refractivity contribution in [3.63, 3.8) is 0 Å². The SMILES string of the molecule is Cc1sc2nc(CCc3ccccc3)nc(N3CCN(C(=O)CC(C)(C)C)CC3)c2c1C. The summed E-state index contributed by atoms with van der Waals surface area (Å²) in [6.45, 7) is 13.8. The van der Waals surface area contributed by atoms with Crippen LogP contribution in [0.4, 0.5) is 5.82 Å². The van der Waals surface area contributed by atoms with Crippen LogP contribution in [0.25, 0.3) is 10.2 Å². The van der Waals surface area contributed by atoms with Crippen LogP contribution in [-0.2, 0) is 17.6 Å². The lowest BCUT2D eigenvalue weighted by atomic mass is 9.91. The van der Waals surface area contributed by atoms with Crippen molar-refractivity contribution in [2.75, 3.05) is 31.1 Å². The van der Waals surface area contributed by atoms with E-state index in [9.17, 15) is 4.79 Å². The van der Waals surface area contributed by atoms with Gasteiger partial charge in [-0.05, 0) is 36.8 Å². The van der Waals surface area contributed by atoms with E-state index in [0.29, 0.717) is 6.42 Å². The number of anilines is 1. The second-order valence-electron chi connectivity index (χ2n) is 10.0. The van der Waals surface area contributed by atoms with Gasteiger partial charge in [0.1, 0.15) is 16.5 Å². The molecule has 170 valence electrons. The van der Waals surface area contributed by atoms with E-state index in [1.54, 1.807) is 11.3 Å². The summed E-state index contributed by atoms with van der Waals surface area (Å²) >= 11 is 1.76. The maximum absolute atomic E-state index is 12.7. The number of fused-ring (bicyclic) bond motifs is 1. The van der Waals surface area contributed by atoms with Crippen LogP contribution < -0.4 is 4.90 Å². The number of hydrogen-bond acceptors (Lipinski definition) is 5. The zero-order valence-corrected chi connectivity index (χ0v) is 20.8. The van der Waals surface area contributed by atoms with E-state index < -0.39 is 0 Å². The van der Waals surface area contributed by atoms with Gasteiger partial charge < -0.3 is 9.80 Å². The summed E-state index contributed by atoms with van der Waals surface area (Å²) in [6.07, 6.45) is 2.36. The minimum absolute atomic E-state index is 0.0198. The van der Waals surface area contributed by atoms with Crippen molar-refractivity contribution in [1.29, 1.82) is 0 Å².